The first-order chi connectivity index (χ1) is 8.18. The van der Waals surface area contributed by atoms with E-state index in [0.29, 0.717) is 6.04 Å². The van der Waals surface area contributed by atoms with Crippen molar-refractivity contribution in [1.29, 1.82) is 0 Å². The quantitative estimate of drug-likeness (QED) is 0.751. The maximum absolute atomic E-state index is 12.2. The molecule has 2 aliphatic rings. The van der Waals surface area contributed by atoms with E-state index in [0.717, 1.165) is 45.3 Å². The summed E-state index contributed by atoms with van der Waals surface area (Å²) in [6.07, 6.45) is 3.64. The van der Waals surface area contributed by atoms with Crippen molar-refractivity contribution >= 4 is 11.9 Å². The van der Waals surface area contributed by atoms with Gasteiger partial charge in [0.25, 0.3) is 0 Å². The zero-order valence-corrected chi connectivity index (χ0v) is 10.0. The molecule has 96 valence electrons. The zero-order chi connectivity index (χ0) is 12.3. The molecule has 1 atom stereocenters. The number of amides is 1. The van der Waals surface area contributed by atoms with Crippen LogP contribution in [-0.2, 0) is 9.59 Å². The Hall–Kier alpha value is -1.10. The molecule has 2 aliphatic heterocycles. The summed E-state index contributed by atoms with van der Waals surface area (Å²) in [5, 5.41) is 12.1. The number of carboxylic acids is 1. The molecule has 0 radical (unpaired) electrons. The molecule has 0 bridgehead atoms. The average Bonchev–Trinajstić information content (AvgIpc) is 2.32. The van der Waals surface area contributed by atoms with Gasteiger partial charge in [0.15, 0.2) is 0 Å². The number of carboxylic acid groups (broad SMARTS) is 1. The fourth-order valence-electron chi connectivity index (χ4n) is 2.86. The molecular formula is C12H20N2O3. The number of aliphatic carboxylic acids is 1. The molecule has 5 nitrogen and oxygen atoms in total. The molecule has 2 rings (SSSR count). The van der Waals surface area contributed by atoms with Gasteiger partial charge in [-0.3, -0.25) is 9.59 Å². The van der Waals surface area contributed by atoms with Gasteiger partial charge in [0.1, 0.15) is 0 Å². The number of rotatable bonds is 3. The van der Waals surface area contributed by atoms with Crippen molar-refractivity contribution in [2.45, 2.75) is 38.1 Å². The Labute approximate surface area is 101 Å². The summed E-state index contributed by atoms with van der Waals surface area (Å²) in [6, 6.07) is 0.320. The molecule has 0 saturated carbocycles. The highest BCUT2D eigenvalue weighted by Gasteiger charge is 2.34. The van der Waals surface area contributed by atoms with Crippen LogP contribution >= 0.6 is 0 Å². The van der Waals surface area contributed by atoms with Crippen LogP contribution in [0.3, 0.4) is 0 Å². The van der Waals surface area contributed by atoms with Crippen LogP contribution in [0, 0.1) is 5.92 Å². The van der Waals surface area contributed by atoms with Crippen molar-refractivity contribution in [2.75, 3.05) is 19.6 Å². The normalized spacial score (nSPS) is 27.2. The summed E-state index contributed by atoms with van der Waals surface area (Å²) >= 11 is 0. The van der Waals surface area contributed by atoms with Gasteiger partial charge in [-0.05, 0) is 38.8 Å². The summed E-state index contributed by atoms with van der Waals surface area (Å²) in [7, 11) is 0. The van der Waals surface area contributed by atoms with E-state index in [4.69, 9.17) is 5.11 Å². The number of nitrogens with one attached hydrogen (secondary N) is 1. The van der Waals surface area contributed by atoms with Crippen LogP contribution in [0.25, 0.3) is 0 Å². The average molecular weight is 240 g/mol. The van der Waals surface area contributed by atoms with E-state index in [1.54, 1.807) is 0 Å². The summed E-state index contributed by atoms with van der Waals surface area (Å²) in [4.78, 5) is 24.8. The topological polar surface area (TPSA) is 69.6 Å². The fourth-order valence-corrected chi connectivity index (χ4v) is 2.86. The second-order valence-electron chi connectivity index (χ2n) is 4.95. The van der Waals surface area contributed by atoms with Gasteiger partial charge < -0.3 is 15.3 Å². The Morgan fingerprint density at radius 1 is 1.35 bits per heavy atom. The van der Waals surface area contributed by atoms with Gasteiger partial charge in [0.2, 0.25) is 5.91 Å². The van der Waals surface area contributed by atoms with Crippen LogP contribution in [0.4, 0.5) is 0 Å². The first-order valence-electron chi connectivity index (χ1n) is 6.41. The van der Waals surface area contributed by atoms with Gasteiger partial charge >= 0.3 is 5.97 Å². The molecule has 1 amide bonds. The molecule has 1 unspecified atom stereocenters. The van der Waals surface area contributed by atoms with Crippen molar-refractivity contribution in [3.05, 3.63) is 0 Å². The smallest absolute Gasteiger partial charge is 0.304 e. The van der Waals surface area contributed by atoms with E-state index in [-0.39, 0.29) is 18.2 Å². The fraction of sp³-hybridized carbons (Fsp3) is 0.833. The van der Waals surface area contributed by atoms with Crippen molar-refractivity contribution in [2.24, 2.45) is 5.92 Å². The van der Waals surface area contributed by atoms with Crippen molar-refractivity contribution in [3.8, 4) is 0 Å². The van der Waals surface area contributed by atoms with E-state index in [9.17, 15) is 9.59 Å². The maximum atomic E-state index is 12.2. The standard InChI is InChI=1S/C12H20N2O3/c15-11(16)8-9-2-1-7-14(12(9)17)10-3-5-13-6-4-10/h9-10,13H,1-8H2,(H,15,16). The number of nitrogens with zero attached hydrogens (tertiary/aromatic N) is 1. The van der Waals surface area contributed by atoms with E-state index in [2.05, 4.69) is 5.32 Å². The minimum Gasteiger partial charge on any atom is -0.481 e. The molecular weight excluding hydrogens is 220 g/mol. The van der Waals surface area contributed by atoms with Crippen LogP contribution in [0.15, 0.2) is 0 Å². The largest absolute Gasteiger partial charge is 0.481 e. The first-order valence-corrected chi connectivity index (χ1v) is 6.41. The molecule has 0 aromatic heterocycles. The lowest BCUT2D eigenvalue weighted by Crippen LogP contribution is -2.51. The Morgan fingerprint density at radius 2 is 2.06 bits per heavy atom. The van der Waals surface area contributed by atoms with Crippen molar-refractivity contribution in [1.82, 2.24) is 10.2 Å². The predicted octanol–water partition coefficient (Wildman–Crippen LogP) is 0.452. The molecule has 0 spiro atoms. The number of hydrogen-bond acceptors (Lipinski definition) is 3. The molecule has 2 N–H and O–H groups in total. The van der Waals surface area contributed by atoms with Crippen LogP contribution < -0.4 is 5.32 Å². The summed E-state index contributed by atoms with van der Waals surface area (Å²) in [5.74, 6) is -1.10. The van der Waals surface area contributed by atoms with Crippen LogP contribution in [0.1, 0.15) is 32.1 Å². The summed E-state index contributed by atoms with van der Waals surface area (Å²) in [5.41, 5.74) is 0. The monoisotopic (exact) mass is 240 g/mol. The number of likely N-dealkylation sites (tertiary alicyclic amines) is 1. The highest BCUT2D eigenvalue weighted by atomic mass is 16.4. The van der Waals surface area contributed by atoms with Gasteiger partial charge in [-0.2, -0.15) is 0 Å². The Morgan fingerprint density at radius 3 is 2.71 bits per heavy atom. The van der Waals surface area contributed by atoms with E-state index in [1.165, 1.54) is 0 Å². The number of carbonyl (C=O) groups is 2. The molecule has 2 fully saturated rings. The predicted molar refractivity (Wildman–Crippen MR) is 62.6 cm³/mol. The van der Waals surface area contributed by atoms with E-state index in [1.807, 2.05) is 4.90 Å². The second-order valence-corrected chi connectivity index (χ2v) is 4.95. The molecule has 0 aromatic rings. The SMILES string of the molecule is O=C(O)CC1CCCN(C2CCNCC2)C1=O. The third kappa shape index (κ3) is 2.97. The minimum absolute atomic E-state index is 0.0136. The molecule has 17 heavy (non-hydrogen) atoms. The van der Waals surface area contributed by atoms with Crippen LogP contribution in [0.2, 0.25) is 0 Å². The Balaban J connectivity index is 1.97. The first kappa shape index (κ1) is 12.4. The molecule has 5 heteroatoms. The minimum atomic E-state index is -0.865. The number of hydrogen-bond donors (Lipinski definition) is 2. The highest BCUT2D eigenvalue weighted by Crippen LogP contribution is 2.25. The highest BCUT2D eigenvalue weighted by molar-refractivity contribution is 5.84. The van der Waals surface area contributed by atoms with Crippen molar-refractivity contribution < 1.29 is 14.7 Å². The van der Waals surface area contributed by atoms with Gasteiger partial charge in [0, 0.05) is 18.5 Å². The zero-order valence-electron chi connectivity index (χ0n) is 10.0. The summed E-state index contributed by atoms with van der Waals surface area (Å²) in [6.45, 7) is 2.72. The third-order valence-electron chi connectivity index (χ3n) is 3.75. The lowest BCUT2D eigenvalue weighted by atomic mass is 9.91. The maximum Gasteiger partial charge on any atom is 0.304 e. The molecule has 0 aliphatic carbocycles. The van der Waals surface area contributed by atoms with Gasteiger partial charge in [-0.25, -0.2) is 0 Å². The summed E-state index contributed by atoms with van der Waals surface area (Å²) < 4.78 is 0. The Bertz CT molecular complexity index is 300. The molecule has 2 heterocycles. The Kier molecular flexibility index (Phi) is 3.99. The van der Waals surface area contributed by atoms with E-state index >= 15 is 0 Å². The van der Waals surface area contributed by atoms with E-state index < -0.39 is 5.97 Å². The lowest BCUT2D eigenvalue weighted by molar-refractivity contribution is -0.148. The van der Waals surface area contributed by atoms with Gasteiger partial charge in [0.05, 0.1) is 6.42 Å². The third-order valence-corrected chi connectivity index (χ3v) is 3.75. The molecule has 2 saturated heterocycles. The second kappa shape index (κ2) is 5.49. The lowest BCUT2D eigenvalue weighted by Gasteiger charge is -2.39. The number of carbonyl (C=O) groups excluding carboxylic acids is 1. The molecule has 0 aromatic carbocycles. The van der Waals surface area contributed by atoms with Crippen LogP contribution in [-0.4, -0.2) is 47.6 Å². The van der Waals surface area contributed by atoms with Crippen LogP contribution in [0.5, 0.6) is 0 Å². The van der Waals surface area contributed by atoms with Gasteiger partial charge in [-0.15, -0.1) is 0 Å². The van der Waals surface area contributed by atoms with Crippen molar-refractivity contribution in [3.63, 3.8) is 0 Å². The number of piperidine rings is 2. The van der Waals surface area contributed by atoms with Gasteiger partial charge in [-0.1, -0.05) is 0 Å².